The van der Waals surface area contributed by atoms with Gasteiger partial charge >= 0.3 is 0 Å². The molecular weight excluding hydrogens is 282 g/mol. The highest BCUT2D eigenvalue weighted by Crippen LogP contribution is 2.25. The molecule has 6 heteroatoms. The van der Waals surface area contributed by atoms with E-state index >= 15 is 0 Å². The van der Waals surface area contributed by atoms with Crippen LogP contribution in [0.25, 0.3) is 0 Å². The smallest absolute Gasteiger partial charge is 0.262 e. The lowest BCUT2D eigenvalue weighted by atomic mass is 10.1. The van der Waals surface area contributed by atoms with E-state index < -0.39 is 11.8 Å². The summed E-state index contributed by atoms with van der Waals surface area (Å²) >= 11 is 0. The highest BCUT2D eigenvalue weighted by atomic mass is 16.2. The number of hydrogen-bond donors (Lipinski definition) is 1. The first-order chi connectivity index (χ1) is 10.5. The van der Waals surface area contributed by atoms with Gasteiger partial charge in [0.1, 0.15) is 6.54 Å². The molecule has 6 nitrogen and oxygen atoms in total. The summed E-state index contributed by atoms with van der Waals surface area (Å²) in [6, 6.07) is 6.75. The maximum Gasteiger partial charge on any atom is 0.262 e. The van der Waals surface area contributed by atoms with Crippen molar-refractivity contribution in [2.24, 2.45) is 11.7 Å². The fourth-order valence-electron chi connectivity index (χ4n) is 3.27. The van der Waals surface area contributed by atoms with Crippen molar-refractivity contribution in [1.29, 1.82) is 0 Å². The second-order valence-electron chi connectivity index (χ2n) is 5.97. The molecule has 2 aliphatic rings. The number of likely N-dealkylation sites (tertiary alicyclic amines) is 1. The van der Waals surface area contributed by atoms with E-state index in [4.69, 9.17) is 5.73 Å². The monoisotopic (exact) mass is 301 g/mol. The largest absolute Gasteiger partial charge is 0.338 e. The topological polar surface area (TPSA) is 83.7 Å². The summed E-state index contributed by atoms with van der Waals surface area (Å²) in [6.45, 7) is 2.91. The third-order valence-corrected chi connectivity index (χ3v) is 4.49. The molecule has 3 rings (SSSR count). The maximum atomic E-state index is 12.5. The molecule has 1 saturated heterocycles. The Bertz CT molecular complexity index is 608. The van der Waals surface area contributed by atoms with Crippen molar-refractivity contribution >= 4 is 17.7 Å². The van der Waals surface area contributed by atoms with E-state index in [1.165, 1.54) is 0 Å². The van der Waals surface area contributed by atoms with Crippen LogP contribution in [0.15, 0.2) is 24.3 Å². The molecule has 2 aliphatic heterocycles. The second kappa shape index (κ2) is 5.53. The van der Waals surface area contributed by atoms with Gasteiger partial charge < -0.3 is 10.6 Å². The molecule has 0 spiro atoms. The molecule has 1 aromatic rings. The lowest BCUT2D eigenvalue weighted by Crippen LogP contribution is -2.44. The van der Waals surface area contributed by atoms with E-state index in [-0.39, 0.29) is 18.5 Å². The van der Waals surface area contributed by atoms with Crippen molar-refractivity contribution in [2.75, 3.05) is 19.6 Å². The maximum absolute atomic E-state index is 12.5. The highest BCUT2D eigenvalue weighted by Gasteiger charge is 2.39. The van der Waals surface area contributed by atoms with Crippen LogP contribution in [-0.2, 0) is 4.79 Å². The first-order valence-corrected chi connectivity index (χ1v) is 7.47. The van der Waals surface area contributed by atoms with Crippen LogP contribution in [0.4, 0.5) is 0 Å². The predicted molar refractivity (Wildman–Crippen MR) is 80.1 cm³/mol. The number of carbonyl (C=O) groups is 3. The number of hydrogen-bond acceptors (Lipinski definition) is 4. The zero-order valence-corrected chi connectivity index (χ0v) is 12.5. The molecule has 0 saturated carbocycles. The van der Waals surface area contributed by atoms with Crippen LogP contribution in [0.5, 0.6) is 0 Å². The van der Waals surface area contributed by atoms with Crippen LogP contribution in [-0.4, -0.2) is 53.2 Å². The number of fused-ring (bicyclic) bond motifs is 1. The van der Waals surface area contributed by atoms with E-state index in [0.717, 1.165) is 11.3 Å². The van der Waals surface area contributed by atoms with Gasteiger partial charge in [-0.25, -0.2) is 0 Å². The molecule has 116 valence electrons. The standard InChI is InChI=1S/C16H19N3O3/c1-10-6-11(7-17)8-18(10)14(20)9-19-15(21)12-4-2-3-5-13(12)16(19)22/h2-5,10-11H,6-9,17H2,1H3. The summed E-state index contributed by atoms with van der Waals surface area (Å²) in [6.07, 6.45) is 0.865. The minimum atomic E-state index is -0.392. The van der Waals surface area contributed by atoms with E-state index in [2.05, 4.69) is 0 Å². The van der Waals surface area contributed by atoms with E-state index in [1.54, 1.807) is 29.2 Å². The Morgan fingerprint density at radius 1 is 1.23 bits per heavy atom. The molecular formula is C16H19N3O3. The molecule has 1 fully saturated rings. The molecule has 2 N–H and O–H groups in total. The van der Waals surface area contributed by atoms with Gasteiger partial charge in [-0.3, -0.25) is 19.3 Å². The fourth-order valence-corrected chi connectivity index (χ4v) is 3.27. The normalized spacial score (nSPS) is 24.1. The van der Waals surface area contributed by atoms with Crippen molar-refractivity contribution in [3.8, 4) is 0 Å². The first kappa shape index (κ1) is 14.7. The minimum absolute atomic E-state index is 0.0937. The van der Waals surface area contributed by atoms with Crippen molar-refractivity contribution in [3.63, 3.8) is 0 Å². The molecule has 2 atom stereocenters. The van der Waals surface area contributed by atoms with Crippen molar-refractivity contribution < 1.29 is 14.4 Å². The van der Waals surface area contributed by atoms with Gasteiger partial charge in [-0.1, -0.05) is 12.1 Å². The predicted octanol–water partition coefficient (Wildman–Crippen LogP) is 0.478. The minimum Gasteiger partial charge on any atom is -0.338 e. The molecule has 1 aromatic carbocycles. The highest BCUT2D eigenvalue weighted by molar-refractivity contribution is 6.22. The number of nitrogens with zero attached hydrogens (tertiary/aromatic N) is 2. The Morgan fingerprint density at radius 2 is 1.82 bits per heavy atom. The van der Waals surface area contributed by atoms with Gasteiger partial charge in [0.05, 0.1) is 11.1 Å². The molecule has 22 heavy (non-hydrogen) atoms. The molecule has 2 heterocycles. The molecule has 0 bridgehead atoms. The van der Waals surface area contributed by atoms with E-state index in [9.17, 15) is 14.4 Å². The van der Waals surface area contributed by atoms with Gasteiger partial charge in [0, 0.05) is 12.6 Å². The van der Waals surface area contributed by atoms with Gasteiger partial charge in [-0.05, 0) is 37.9 Å². The molecule has 0 aromatic heterocycles. The lowest BCUT2D eigenvalue weighted by molar-refractivity contribution is -0.132. The molecule has 0 radical (unpaired) electrons. The summed E-state index contributed by atoms with van der Waals surface area (Å²) in [7, 11) is 0. The van der Waals surface area contributed by atoms with Gasteiger partial charge in [0.2, 0.25) is 5.91 Å². The van der Waals surface area contributed by atoms with Crippen molar-refractivity contribution in [2.45, 2.75) is 19.4 Å². The number of carbonyl (C=O) groups excluding carboxylic acids is 3. The average Bonchev–Trinajstić information content (AvgIpc) is 3.01. The zero-order valence-electron chi connectivity index (χ0n) is 12.5. The van der Waals surface area contributed by atoms with Crippen LogP contribution in [0, 0.1) is 5.92 Å². The first-order valence-electron chi connectivity index (χ1n) is 7.47. The van der Waals surface area contributed by atoms with Crippen LogP contribution < -0.4 is 5.73 Å². The lowest BCUT2D eigenvalue weighted by Gasteiger charge is -2.24. The Kier molecular flexibility index (Phi) is 3.70. The van der Waals surface area contributed by atoms with Gasteiger partial charge in [-0.2, -0.15) is 0 Å². The summed E-state index contributed by atoms with van der Waals surface area (Å²) < 4.78 is 0. The van der Waals surface area contributed by atoms with E-state index in [1.807, 2.05) is 6.92 Å². The number of imide groups is 1. The van der Waals surface area contributed by atoms with Gasteiger partial charge in [0.15, 0.2) is 0 Å². The molecule has 3 amide bonds. The number of benzene rings is 1. The summed E-state index contributed by atoms with van der Waals surface area (Å²) in [4.78, 5) is 39.8. The third-order valence-electron chi connectivity index (χ3n) is 4.49. The quantitative estimate of drug-likeness (QED) is 0.823. The van der Waals surface area contributed by atoms with Crippen molar-refractivity contribution in [3.05, 3.63) is 35.4 Å². The Balaban J connectivity index is 1.74. The summed E-state index contributed by atoms with van der Waals surface area (Å²) in [5, 5.41) is 0. The van der Waals surface area contributed by atoms with Crippen LogP contribution in [0.3, 0.4) is 0 Å². The number of rotatable bonds is 3. The fraction of sp³-hybridized carbons (Fsp3) is 0.438. The van der Waals surface area contributed by atoms with Gasteiger partial charge in [-0.15, -0.1) is 0 Å². The van der Waals surface area contributed by atoms with Crippen LogP contribution in [0.2, 0.25) is 0 Å². The Morgan fingerprint density at radius 3 is 2.32 bits per heavy atom. The summed E-state index contributed by atoms with van der Waals surface area (Å²) in [5.41, 5.74) is 6.41. The average molecular weight is 301 g/mol. The van der Waals surface area contributed by atoms with Crippen molar-refractivity contribution in [1.82, 2.24) is 9.80 Å². The molecule has 2 unspecified atom stereocenters. The third kappa shape index (κ3) is 2.29. The van der Waals surface area contributed by atoms with Crippen LogP contribution >= 0.6 is 0 Å². The number of nitrogens with two attached hydrogens (primary N) is 1. The van der Waals surface area contributed by atoms with Crippen LogP contribution in [0.1, 0.15) is 34.1 Å². The molecule has 0 aliphatic carbocycles. The second-order valence-corrected chi connectivity index (χ2v) is 5.97. The summed E-state index contributed by atoms with van der Waals surface area (Å²) in [5.74, 6) is -0.688. The Hall–Kier alpha value is -2.21. The number of amides is 3. The SMILES string of the molecule is CC1CC(CN)CN1C(=O)CN1C(=O)c2ccccc2C1=O. The van der Waals surface area contributed by atoms with E-state index in [0.29, 0.717) is 30.1 Å². The Labute approximate surface area is 128 Å². The zero-order chi connectivity index (χ0) is 15.9. The van der Waals surface area contributed by atoms with Gasteiger partial charge in [0.25, 0.3) is 11.8 Å².